The minimum Gasteiger partial charge on any atom is -0.313 e. The summed E-state index contributed by atoms with van der Waals surface area (Å²) in [6.45, 7) is 10.7. The molecular weight excluding hydrogens is 242 g/mol. The third kappa shape index (κ3) is 5.39. The zero-order valence-electron chi connectivity index (χ0n) is 14.6. The molecule has 0 saturated heterocycles. The maximum absolute atomic E-state index is 3.96. The Morgan fingerprint density at radius 2 is 1.75 bits per heavy atom. The van der Waals surface area contributed by atoms with E-state index in [0.29, 0.717) is 0 Å². The minimum atomic E-state index is 0.789. The van der Waals surface area contributed by atoms with Crippen molar-refractivity contribution in [3.8, 4) is 0 Å². The summed E-state index contributed by atoms with van der Waals surface area (Å²) in [4.78, 5) is 0. The monoisotopic (exact) mass is 281 g/mol. The normalized spacial score (nSPS) is 26.4. The fourth-order valence-electron chi connectivity index (χ4n) is 4.30. The first kappa shape index (κ1) is 18.0. The highest BCUT2D eigenvalue weighted by Crippen LogP contribution is 2.38. The Morgan fingerprint density at radius 1 is 1.00 bits per heavy atom. The van der Waals surface area contributed by atoms with Crippen LogP contribution in [-0.2, 0) is 0 Å². The molecule has 0 spiro atoms. The van der Waals surface area contributed by atoms with Gasteiger partial charge in [0, 0.05) is 6.04 Å². The van der Waals surface area contributed by atoms with Crippen LogP contribution in [0.25, 0.3) is 0 Å². The topological polar surface area (TPSA) is 12.0 Å². The van der Waals surface area contributed by atoms with Gasteiger partial charge in [0.05, 0.1) is 0 Å². The fourth-order valence-corrected chi connectivity index (χ4v) is 4.30. The van der Waals surface area contributed by atoms with Crippen molar-refractivity contribution in [1.29, 1.82) is 0 Å². The first-order valence-electron chi connectivity index (χ1n) is 9.51. The quantitative estimate of drug-likeness (QED) is 0.534. The minimum absolute atomic E-state index is 0.789. The van der Waals surface area contributed by atoms with Crippen LogP contribution in [0.3, 0.4) is 0 Å². The van der Waals surface area contributed by atoms with Crippen molar-refractivity contribution >= 4 is 0 Å². The van der Waals surface area contributed by atoms with Gasteiger partial charge in [-0.05, 0) is 43.6 Å². The first-order chi connectivity index (χ1) is 9.78. The molecule has 1 aliphatic carbocycles. The Bertz CT molecular complexity index is 226. The predicted molar refractivity (Wildman–Crippen MR) is 91.1 cm³/mol. The van der Waals surface area contributed by atoms with Gasteiger partial charge in [0.25, 0.3) is 0 Å². The second kappa shape index (κ2) is 10.7. The average Bonchev–Trinajstić information content (AvgIpc) is 2.50. The molecule has 1 aliphatic rings. The molecule has 1 fully saturated rings. The second-order valence-electron chi connectivity index (χ2n) is 6.91. The van der Waals surface area contributed by atoms with E-state index < -0.39 is 0 Å². The van der Waals surface area contributed by atoms with Gasteiger partial charge in [-0.25, -0.2) is 0 Å². The Labute approximate surface area is 128 Å². The van der Waals surface area contributed by atoms with E-state index in [4.69, 9.17) is 0 Å². The van der Waals surface area contributed by atoms with Crippen LogP contribution < -0.4 is 5.32 Å². The predicted octanol–water partition coefficient (Wildman–Crippen LogP) is 5.79. The lowest BCUT2D eigenvalue weighted by atomic mass is 9.69. The summed E-state index contributed by atoms with van der Waals surface area (Å²) in [6, 6.07) is 0.789. The molecule has 4 atom stereocenters. The van der Waals surface area contributed by atoms with E-state index in [1.54, 1.807) is 0 Å². The molecule has 0 bridgehead atoms. The number of hydrogen-bond acceptors (Lipinski definition) is 1. The number of unbranched alkanes of at least 4 members (excludes halogenated alkanes) is 1. The maximum Gasteiger partial charge on any atom is 0.0126 e. The highest BCUT2D eigenvalue weighted by molar-refractivity contribution is 4.88. The van der Waals surface area contributed by atoms with Gasteiger partial charge in [-0.1, -0.05) is 72.6 Å². The van der Waals surface area contributed by atoms with E-state index in [1.807, 2.05) is 0 Å². The highest BCUT2D eigenvalue weighted by atomic mass is 14.9. The van der Waals surface area contributed by atoms with Gasteiger partial charge in [0.15, 0.2) is 0 Å². The van der Waals surface area contributed by atoms with Crippen LogP contribution in [0, 0.1) is 17.8 Å². The lowest BCUT2D eigenvalue weighted by molar-refractivity contribution is 0.129. The summed E-state index contributed by atoms with van der Waals surface area (Å²) in [5, 5.41) is 3.96. The largest absolute Gasteiger partial charge is 0.313 e. The molecule has 1 N–H and O–H groups in total. The van der Waals surface area contributed by atoms with Gasteiger partial charge in [-0.2, -0.15) is 0 Å². The zero-order chi connectivity index (χ0) is 14.8. The van der Waals surface area contributed by atoms with Crippen LogP contribution in [-0.4, -0.2) is 12.6 Å². The lowest BCUT2D eigenvalue weighted by Crippen LogP contribution is -2.46. The standard InChI is InChI=1S/C19H39N/c1-5-9-12-17(8-4)19(20-15-6-2)18-14-11-10-13-16(18)7-3/h16-20H,5-15H2,1-4H3. The first-order valence-corrected chi connectivity index (χ1v) is 9.51. The van der Waals surface area contributed by atoms with Crippen molar-refractivity contribution in [2.24, 2.45) is 17.8 Å². The van der Waals surface area contributed by atoms with Crippen molar-refractivity contribution in [2.45, 2.75) is 97.9 Å². The number of nitrogens with one attached hydrogen (secondary N) is 1. The summed E-state index contributed by atoms with van der Waals surface area (Å²) < 4.78 is 0. The van der Waals surface area contributed by atoms with Gasteiger partial charge in [-0.3, -0.25) is 0 Å². The molecule has 1 heteroatoms. The van der Waals surface area contributed by atoms with Crippen molar-refractivity contribution < 1.29 is 0 Å². The van der Waals surface area contributed by atoms with Crippen molar-refractivity contribution in [2.75, 3.05) is 6.54 Å². The average molecular weight is 282 g/mol. The number of rotatable bonds is 10. The van der Waals surface area contributed by atoms with Crippen LogP contribution in [0.5, 0.6) is 0 Å². The van der Waals surface area contributed by atoms with E-state index in [1.165, 1.54) is 70.8 Å². The van der Waals surface area contributed by atoms with Crippen LogP contribution in [0.2, 0.25) is 0 Å². The Morgan fingerprint density at radius 3 is 2.35 bits per heavy atom. The number of hydrogen-bond donors (Lipinski definition) is 1. The summed E-state index contributed by atoms with van der Waals surface area (Å²) >= 11 is 0. The van der Waals surface area contributed by atoms with E-state index in [0.717, 1.165) is 23.8 Å². The summed E-state index contributed by atoms with van der Waals surface area (Å²) in [7, 11) is 0. The lowest BCUT2D eigenvalue weighted by Gasteiger charge is -2.41. The third-order valence-corrected chi connectivity index (χ3v) is 5.54. The third-order valence-electron chi connectivity index (χ3n) is 5.54. The molecule has 4 unspecified atom stereocenters. The summed E-state index contributed by atoms with van der Waals surface area (Å²) in [5.41, 5.74) is 0. The molecule has 1 saturated carbocycles. The van der Waals surface area contributed by atoms with Gasteiger partial charge in [0.1, 0.15) is 0 Å². The molecule has 1 nitrogen and oxygen atoms in total. The van der Waals surface area contributed by atoms with Crippen molar-refractivity contribution in [1.82, 2.24) is 5.32 Å². The van der Waals surface area contributed by atoms with E-state index in [2.05, 4.69) is 33.0 Å². The van der Waals surface area contributed by atoms with Crippen LogP contribution in [0.15, 0.2) is 0 Å². The molecule has 0 amide bonds. The molecule has 0 heterocycles. The van der Waals surface area contributed by atoms with E-state index in [9.17, 15) is 0 Å². The Balaban J connectivity index is 2.73. The van der Waals surface area contributed by atoms with E-state index in [-0.39, 0.29) is 0 Å². The van der Waals surface area contributed by atoms with Crippen LogP contribution >= 0.6 is 0 Å². The zero-order valence-corrected chi connectivity index (χ0v) is 14.6. The molecule has 0 aromatic rings. The summed E-state index contributed by atoms with van der Waals surface area (Å²) in [6.07, 6.45) is 14.1. The van der Waals surface area contributed by atoms with Crippen LogP contribution in [0.4, 0.5) is 0 Å². The SMILES string of the molecule is CCCCC(CC)C(NCCC)C1CCCCC1CC. The van der Waals surface area contributed by atoms with Crippen molar-refractivity contribution in [3.63, 3.8) is 0 Å². The van der Waals surface area contributed by atoms with Gasteiger partial charge in [-0.15, -0.1) is 0 Å². The molecule has 20 heavy (non-hydrogen) atoms. The molecule has 1 rings (SSSR count). The molecule has 0 aromatic heterocycles. The summed E-state index contributed by atoms with van der Waals surface area (Å²) in [5.74, 6) is 2.83. The van der Waals surface area contributed by atoms with Gasteiger partial charge in [0.2, 0.25) is 0 Å². The Kier molecular flexibility index (Phi) is 9.59. The molecule has 0 aromatic carbocycles. The smallest absolute Gasteiger partial charge is 0.0126 e. The van der Waals surface area contributed by atoms with Crippen LogP contribution in [0.1, 0.15) is 91.9 Å². The molecular formula is C19H39N. The molecule has 0 radical (unpaired) electrons. The van der Waals surface area contributed by atoms with Gasteiger partial charge >= 0.3 is 0 Å². The molecule has 120 valence electrons. The second-order valence-corrected chi connectivity index (χ2v) is 6.91. The fraction of sp³-hybridized carbons (Fsp3) is 1.00. The van der Waals surface area contributed by atoms with Gasteiger partial charge < -0.3 is 5.32 Å². The molecule has 0 aliphatic heterocycles. The van der Waals surface area contributed by atoms with Crippen molar-refractivity contribution in [3.05, 3.63) is 0 Å². The Hall–Kier alpha value is -0.0400. The maximum atomic E-state index is 3.96. The van der Waals surface area contributed by atoms with E-state index >= 15 is 0 Å². The highest BCUT2D eigenvalue weighted by Gasteiger charge is 2.34.